The number of hydrogen-bond donors (Lipinski definition) is 2. The predicted molar refractivity (Wildman–Crippen MR) is 96.8 cm³/mol. The number of rotatable bonds is 4. The maximum Gasteiger partial charge on any atom is 0.251 e. The van der Waals surface area contributed by atoms with Crippen molar-refractivity contribution in [3.05, 3.63) is 70.8 Å². The van der Waals surface area contributed by atoms with Gasteiger partial charge in [0, 0.05) is 21.6 Å². The van der Waals surface area contributed by atoms with Crippen molar-refractivity contribution in [2.75, 3.05) is 11.9 Å². The Morgan fingerprint density at radius 1 is 1.04 bits per heavy atom. The fourth-order valence-corrected chi connectivity index (χ4v) is 2.69. The molecule has 0 unspecified atom stereocenters. The molecular weight excluding hydrogens is 370 g/mol. The van der Waals surface area contributed by atoms with Crippen molar-refractivity contribution in [3.8, 4) is 0 Å². The molecular formula is C18H14BrN3O2. The molecule has 0 aliphatic rings. The first-order valence-corrected chi connectivity index (χ1v) is 8.10. The third-order valence-corrected chi connectivity index (χ3v) is 3.90. The summed E-state index contributed by atoms with van der Waals surface area (Å²) in [5, 5.41) is 6.32. The van der Waals surface area contributed by atoms with Gasteiger partial charge in [-0.05, 0) is 30.3 Å². The number of carbonyl (C=O) groups excluding carboxylic acids is 2. The van der Waals surface area contributed by atoms with Gasteiger partial charge in [0.15, 0.2) is 0 Å². The molecule has 0 saturated carbocycles. The molecule has 2 amide bonds. The summed E-state index contributed by atoms with van der Waals surface area (Å²) in [6.45, 7) is -0.117. The van der Waals surface area contributed by atoms with Gasteiger partial charge in [-0.15, -0.1) is 0 Å². The van der Waals surface area contributed by atoms with E-state index in [9.17, 15) is 9.59 Å². The van der Waals surface area contributed by atoms with E-state index in [1.807, 2.05) is 30.3 Å². The number of nitrogens with zero attached hydrogens (tertiary/aromatic N) is 1. The standard InChI is InChI=1S/C18H14BrN3O2/c19-14-7-1-5-13(10-14)18(24)21-11-16(23)22-15-8-2-4-12-6-3-9-20-17(12)15/h1-10H,11H2,(H,21,24)(H,22,23). The molecule has 1 heterocycles. The normalized spacial score (nSPS) is 10.4. The summed E-state index contributed by atoms with van der Waals surface area (Å²) in [6.07, 6.45) is 1.67. The topological polar surface area (TPSA) is 71.1 Å². The van der Waals surface area contributed by atoms with E-state index in [-0.39, 0.29) is 18.4 Å². The second-order valence-corrected chi connectivity index (χ2v) is 6.04. The minimum absolute atomic E-state index is 0.117. The fraction of sp³-hybridized carbons (Fsp3) is 0.0556. The quantitative estimate of drug-likeness (QED) is 0.725. The van der Waals surface area contributed by atoms with Crippen LogP contribution in [-0.2, 0) is 4.79 Å². The molecule has 5 nitrogen and oxygen atoms in total. The average Bonchev–Trinajstić information content (AvgIpc) is 2.60. The summed E-state index contributed by atoms with van der Waals surface area (Å²) in [4.78, 5) is 28.4. The Balaban J connectivity index is 1.64. The van der Waals surface area contributed by atoms with Gasteiger partial charge in [0.25, 0.3) is 5.91 Å². The Morgan fingerprint density at radius 3 is 2.67 bits per heavy atom. The molecule has 0 spiro atoms. The van der Waals surface area contributed by atoms with Crippen molar-refractivity contribution in [2.45, 2.75) is 0 Å². The highest BCUT2D eigenvalue weighted by atomic mass is 79.9. The molecule has 3 rings (SSSR count). The Morgan fingerprint density at radius 2 is 1.83 bits per heavy atom. The summed E-state index contributed by atoms with van der Waals surface area (Å²) in [7, 11) is 0. The van der Waals surface area contributed by atoms with E-state index in [0.717, 1.165) is 9.86 Å². The summed E-state index contributed by atoms with van der Waals surface area (Å²) in [5.74, 6) is -0.612. The van der Waals surface area contributed by atoms with Crippen LogP contribution in [0.4, 0.5) is 5.69 Å². The molecule has 24 heavy (non-hydrogen) atoms. The first-order valence-electron chi connectivity index (χ1n) is 7.31. The summed E-state index contributed by atoms with van der Waals surface area (Å²) in [5.41, 5.74) is 1.82. The lowest BCUT2D eigenvalue weighted by Crippen LogP contribution is -2.32. The van der Waals surface area contributed by atoms with Gasteiger partial charge in [-0.2, -0.15) is 0 Å². The van der Waals surface area contributed by atoms with Crippen LogP contribution in [0.25, 0.3) is 10.9 Å². The van der Waals surface area contributed by atoms with Crippen LogP contribution in [0, 0.1) is 0 Å². The minimum atomic E-state index is -0.309. The second-order valence-electron chi connectivity index (χ2n) is 5.12. The largest absolute Gasteiger partial charge is 0.343 e. The van der Waals surface area contributed by atoms with Gasteiger partial charge in [0.1, 0.15) is 0 Å². The second kappa shape index (κ2) is 7.23. The lowest BCUT2D eigenvalue weighted by atomic mass is 10.2. The van der Waals surface area contributed by atoms with E-state index in [2.05, 4.69) is 31.5 Å². The zero-order chi connectivity index (χ0) is 16.9. The van der Waals surface area contributed by atoms with Crippen LogP contribution in [-0.4, -0.2) is 23.3 Å². The molecule has 2 aromatic carbocycles. The molecule has 0 atom stereocenters. The number of halogens is 1. The Labute approximate surface area is 147 Å². The molecule has 1 aromatic heterocycles. The van der Waals surface area contributed by atoms with Gasteiger partial charge < -0.3 is 10.6 Å². The maximum atomic E-state index is 12.1. The van der Waals surface area contributed by atoms with Gasteiger partial charge in [-0.25, -0.2) is 0 Å². The molecule has 0 bridgehead atoms. The third kappa shape index (κ3) is 3.78. The van der Waals surface area contributed by atoms with E-state index < -0.39 is 0 Å². The van der Waals surface area contributed by atoms with Crippen molar-refractivity contribution >= 4 is 44.3 Å². The Bertz CT molecular complexity index is 906. The molecule has 0 aliphatic heterocycles. The number of anilines is 1. The average molecular weight is 384 g/mol. The maximum absolute atomic E-state index is 12.1. The van der Waals surface area contributed by atoms with Crippen LogP contribution in [0.2, 0.25) is 0 Å². The highest BCUT2D eigenvalue weighted by molar-refractivity contribution is 9.10. The van der Waals surface area contributed by atoms with Gasteiger partial charge in [0.05, 0.1) is 17.7 Å². The molecule has 0 saturated heterocycles. The van der Waals surface area contributed by atoms with E-state index in [0.29, 0.717) is 16.8 Å². The van der Waals surface area contributed by atoms with Crippen LogP contribution < -0.4 is 10.6 Å². The molecule has 0 fully saturated rings. The number of hydrogen-bond acceptors (Lipinski definition) is 3. The molecule has 120 valence electrons. The molecule has 0 aliphatic carbocycles. The van der Waals surface area contributed by atoms with Crippen LogP contribution in [0.5, 0.6) is 0 Å². The van der Waals surface area contributed by atoms with Gasteiger partial charge >= 0.3 is 0 Å². The number of nitrogens with one attached hydrogen (secondary N) is 2. The van der Waals surface area contributed by atoms with Crippen LogP contribution in [0.15, 0.2) is 65.3 Å². The van der Waals surface area contributed by atoms with Crippen molar-refractivity contribution < 1.29 is 9.59 Å². The van der Waals surface area contributed by atoms with Crippen molar-refractivity contribution in [1.82, 2.24) is 10.3 Å². The minimum Gasteiger partial charge on any atom is -0.343 e. The van der Waals surface area contributed by atoms with Crippen molar-refractivity contribution in [3.63, 3.8) is 0 Å². The highest BCUT2D eigenvalue weighted by Crippen LogP contribution is 2.20. The molecule has 0 radical (unpaired) electrons. The van der Waals surface area contributed by atoms with E-state index >= 15 is 0 Å². The monoisotopic (exact) mass is 383 g/mol. The highest BCUT2D eigenvalue weighted by Gasteiger charge is 2.10. The number of aromatic nitrogens is 1. The molecule has 2 N–H and O–H groups in total. The van der Waals surface area contributed by atoms with Crippen LogP contribution >= 0.6 is 15.9 Å². The summed E-state index contributed by atoms with van der Waals surface area (Å²) in [6, 6.07) is 16.3. The van der Waals surface area contributed by atoms with E-state index in [4.69, 9.17) is 0 Å². The predicted octanol–water partition coefficient (Wildman–Crippen LogP) is 3.37. The number of carbonyl (C=O) groups is 2. The van der Waals surface area contributed by atoms with E-state index in [1.165, 1.54) is 0 Å². The lowest BCUT2D eigenvalue weighted by Gasteiger charge is -2.09. The van der Waals surface area contributed by atoms with Gasteiger partial charge in [-0.3, -0.25) is 14.6 Å². The Hall–Kier alpha value is -2.73. The third-order valence-electron chi connectivity index (χ3n) is 3.40. The number of amides is 2. The van der Waals surface area contributed by atoms with Crippen LogP contribution in [0.3, 0.4) is 0 Å². The molecule has 3 aromatic rings. The fourth-order valence-electron chi connectivity index (χ4n) is 2.29. The zero-order valence-electron chi connectivity index (χ0n) is 12.6. The summed E-state index contributed by atoms with van der Waals surface area (Å²) < 4.78 is 0.807. The Kier molecular flexibility index (Phi) is 4.86. The first-order chi connectivity index (χ1) is 11.6. The van der Waals surface area contributed by atoms with Crippen molar-refractivity contribution in [2.24, 2.45) is 0 Å². The molecule has 6 heteroatoms. The van der Waals surface area contributed by atoms with Gasteiger partial charge in [-0.1, -0.05) is 40.2 Å². The first kappa shape index (κ1) is 16.1. The zero-order valence-corrected chi connectivity index (χ0v) is 14.2. The number of fused-ring (bicyclic) bond motifs is 1. The summed E-state index contributed by atoms with van der Waals surface area (Å²) >= 11 is 3.31. The number of pyridine rings is 1. The van der Waals surface area contributed by atoms with E-state index in [1.54, 1.807) is 30.5 Å². The lowest BCUT2D eigenvalue weighted by molar-refractivity contribution is -0.115. The van der Waals surface area contributed by atoms with Crippen molar-refractivity contribution in [1.29, 1.82) is 0 Å². The van der Waals surface area contributed by atoms with Gasteiger partial charge in [0.2, 0.25) is 5.91 Å². The smallest absolute Gasteiger partial charge is 0.251 e. The number of benzene rings is 2. The van der Waals surface area contributed by atoms with Crippen LogP contribution in [0.1, 0.15) is 10.4 Å². The number of para-hydroxylation sites is 1. The SMILES string of the molecule is O=C(CNC(=O)c1cccc(Br)c1)Nc1cccc2cccnc12.